The van der Waals surface area contributed by atoms with E-state index in [1.54, 1.807) is 4.68 Å². The number of para-hydroxylation sites is 1. The van der Waals surface area contributed by atoms with Gasteiger partial charge in [-0.05, 0) is 90.7 Å². The lowest BCUT2D eigenvalue weighted by atomic mass is 9.47. The van der Waals surface area contributed by atoms with Gasteiger partial charge in [-0.15, -0.1) is 5.10 Å². The minimum Gasteiger partial charge on any atom is -0.352 e. The highest BCUT2D eigenvalue weighted by molar-refractivity contribution is 7.99. The summed E-state index contributed by atoms with van der Waals surface area (Å²) in [5, 5.41) is 16.0. The van der Waals surface area contributed by atoms with Gasteiger partial charge in [-0.2, -0.15) is 4.68 Å². The van der Waals surface area contributed by atoms with E-state index in [1.165, 1.54) is 50.3 Å². The van der Waals surface area contributed by atoms with Gasteiger partial charge in [-0.3, -0.25) is 4.79 Å². The van der Waals surface area contributed by atoms with Crippen LogP contribution in [0.3, 0.4) is 0 Å². The quantitative estimate of drug-likeness (QED) is 0.700. The Morgan fingerprint density at radius 3 is 2.45 bits per heavy atom. The molecule has 4 aliphatic rings. The minimum atomic E-state index is 0.0974. The first-order valence-corrected chi connectivity index (χ1v) is 11.9. The maximum absolute atomic E-state index is 12.8. The molecule has 1 atom stereocenters. The van der Waals surface area contributed by atoms with Gasteiger partial charge >= 0.3 is 0 Å². The van der Waals surface area contributed by atoms with Crippen molar-refractivity contribution in [1.29, 1.82) is 0 Å². The van der Waals surface area contributed by atoms with Gasteiger partial charge in [0.05, 0.1) is 11.4 Å². The van der Waals surface area contributed by atoms with Crippen molar-refractivity contribution in [2.75, 3.05) is 5.75 Å². The van der Waals surface area contributed by atoms with Gasteiger partial charge in [0, 0.05) is 6.04 Å². The molecule has 0 saturated heterocycles. The molecule has 4 aliphatic carbocycles. The normalized spacial score (nSPS) is 31.0. The maximum atomic E-state index is 12.8. The Morgan fingerprint density at radius 2 is 1.83 bits per heavy atom. The zero-order chi connectivity index (χ0) is 19.8. The number of benzene rings is 1. The second-order valence-electron chi connectivity index (χ2n) is 9.31. The number of nitrogens with one attached hydrogen (secondary N) is 1. The Labute approximate surface area is 176 Å². The van der Waals surface area contributed by atoms with Gasteiger partial charge in [-0.25, -0.2) is 0 Å². The largest absolute Gasteiger partial charge is 0.352 e. The second kappa shape index (κ2) is 7.74. The van der Waals surface area contributed by atoms with Gasteiger partial charge < -0.3 is 5.32 Å². The molecule has 1 N–H and O–H groups in total. The van der Waals surface area contributed by atoms with E-state index in [2.05, 4.69) is 27.8 Å². The molecule has 1 heterocycles. The number of carbonyl (C=O) groups excluding carboxylic acids is 1. The van der Waals surface area contributed by atoms with Crippen LogP contribution in [0.4, 0.5) is 0 Å². The van der Waals surface area contributed by atoms with E-state index in [1.807, 2.05) is 30.3 Å². The van der Waals surface area contributed by atoms with Crippen LogP contribution in [0.5, 0.6) is 0 Å². The van der Waals surface area contributed by atoms with Gasteiger partial charge in [-0.1, -0.05) is 36.9 Å². The predicted molar refractivity (Wildman–Crippen MR) is 113 cm³/mol. The SMILES string of the molecule is CCC(NC(=O)CSc1nnnn1-c1ccccc1)C12CC3CC(CC(C3)C1)C2. The Hall–Kier alpha value is -1.89. The molecule has 6 rings (SSSR count). The van der Waals surface area contributed by atoms with Crippen LogP contribution in [0.25, 0.3) is 5.69 Å². The Bertz CT molecular complexity index is 832. The highest BCUT2D eigenvalue weighted by Crippen LogP contribution is 2.61. The van der Waals surface area contributed by atoms with Crippen LogP contribution in [0.15, 0.2) is 35.5 Å². The number of tetrazole rings is 1. The van der Waals surface area contributed by atoms with Crippen LogP contribution in [-0.2, 0) is 4.79 Å². The maximum Gasteiger partial charge on any atom is 0.230 e. The lowest BCUT2D eigenvalue weighted by molar-refractivity contribution is -0.124. The zero-order valence-electron chi connectivity index (χ0n) is 17.0. The summed E-state index contributed by atoms with van der Waals surface area (Å²) in [6.45, 7) is 2.23. The first kappa shape index (κ1) is 19.1. The third kappa shape index (κ3) is 3.69. The van der Waals surface area contributed by atoms with E-state index in [9.17, 15) is 4.79 Å². The van der Waals surface area contributed by atoms with Crippen LogP contribution in [0.2, 0.25) is 0 Å². The molecule has 0 radical (unpaired) electrons. The van der Waals surface area contributed by atoms with Crippen LogP contribution in [-0.4, -0.2) is 37.9 Å². The van der Waals surface area contributed by atoms with Crippen molar-refractivity contribution < 1.29 is 4.79 Å². The number of rotatable bonds is 7. The van der Waals surface area contributed by atoms with Crippen molar-refractivity contribution in [2.24, 2.45) is 23.2 Å². The van der Waals surface area contributed by atoms with Gasteiger partial charge in [0.1, 0.15) is 0 Å². The van der Waals surface area contributed by atoms with Crippen molar-refractivity contribution in [3.63, 3.8) is 0 Å². The molecule has 1 aromatic carbocycles. The second-order valence-corrected chi connectivity index (χ2v) is 10.2. The molecular formula is C22H29N5OS. The van der Waals surface area contributed by atoms with E-state index >= 15 is 0 Å². The first-order chi connectivity index (χ1) is 14.1. The lowest BCUT2D eigenvalue weighted by Crippen LogP contribution is -2.57. The number of aromatic nitrogens is 4. The monoisotopic (exact) mass is 411 g/mol. The summed E-state index contributed by atoms with van der Waals surface area (Å²) in [7, 11) is 0. The summed E-state index contributed by atoms with van der Waals surface area (Å²) in [5.74, 6) is 3.14. The number of thioether (sulfide) groups is 1. The minimum absolute atomic E-state index is 0.0974. The highest BCUT2D eigenvalue weighted by atomic mass is 32.2. The summed E-state index contributed by atoms with van der Waals surface area (Å²) in [6, 6.07) is 10.1. The van der Waals surface area contributed by atoms with Crippen molar-refractivity contribution in [3.8, 4) is 5.69 Å². The average molecular weight is 412 g/mol. The number of hydrogen-bond acceptors (Lipinski definition) is 5. The van der Waals surface area contributed by atoms with E-state index in [-0.39, 0.29) is 5.91 Å². The topological polar surface area (TPSA) is 72.7 Å². The molecule has 4 fully saturated rings. The van der Waals surface area contributed by atoms with E-state index in [0.29, 0.717) is 22.4 Å². The van der Waals surface area contributed by atoms with Crippen LogP contribution >= 0.6 is 11.8 Å². The molecule has 4 bridgehead atoms. The molecule has 1 unspecified atom stereocenters. The molecule has 4 saturated carbocycles. The van der Waals surface area contributed by atoms with Crippen LogP contribution in [0, 0.1) is 23.2 Å². The number of amides is 1. The van der Waals surface area contributed by atoms with Gasteiger partial charge in [0.2, 0.25) is 11.1 Å². The van der Waals surface area contributed by atoms with Gasteiger partial charge in [0.15, 0.2) is 0 Å². The zero-order valence-corrected chi connectivity index (χ0v) is 17.8. The molecule has 154 valence electrons. The fourth-order valence-electron chi connectivity index (χ4n) is 6.66. The Balaban J connectivity index is 1.23. The molecule has 0 spiro atoms. The summed E-state index contributed by atoms with van der Waals surface area (Å²) in [6.07, 6.45) is 9.26. The molecule has 0 aliphatic heterocycles. The molecular weight excluding hydrogens is 382 g/mol. The number of carbonyl (C=O) groups is 1. The smallest absolute Gasteiger partial charge is 0.230 e. The highest BCUT2D eigenvalue weighted by Gasteiger charge is 2.53. The van der Waals surface area contributed by atoms with Crippen molar-refractivity contribution in [3.05, 3.63) is 30.3 Å². The fraction of sp³-hybridized carbons (Fsp3) is 0.636. The van der Waals surface area contributed by atoms with E-state index in [4.69, 9.17) is 0 Å². The number of nitrogens with zero attached hydrogens (tertiary/aromatic N) is 4. The van der Waals surface area contributed by atoms with Gasteiger partial charge in [0.25, 0.3) is 0 Å². The van der Waals surface area contributed by atoms with E-state index < -0.39 is 0 Å². The van der Waals surface area contributed by atoms with Crippen LogP contribution in [0.1, 0.15) is 51.9 Å². The van der Waals surface area contributed by atoms with E-state index in [0.717, 1.165) is 29.9 Å². The Kier molecular flexibility index (Phi) is 5.10. The summed E-state index contributed by atoms with van der Waals surface area (Å²) in [5.41, 5.74) is 1.25. The fourth-order valence-corrected chi connectivity index (χ4v) is 7.36. The third-order valence-electron chi connectivity index (χ3n) is 7.34. The van der Waals surface area contributed by atoms with Crippen molar-refractivity contribution >= 4 is 17.7 Å². The Morgan fingerprint density at radius 1 is 1.17 bits per heavy atom. The first-order valence-electron chi connectivity index (χ1n) is 10.9. The molecule has 1 amide bonds. The van der Waals surface area contributed by atoms with Crippen LogP contribution < -0.4 is 5.32 Å². The average Bonchev–Trinajstić information content (AvgIpc) is 3.18. The standard InChI is InChI=1S/C22H29N5OS/c1-2-19(22-11-15-8-16(12-22)10-17(9-15)13-22)23-20(28)14-29-21-24-25-26-27(21)18-6-4-3-5-7-18/h3-7,15-17,19H,2,8-14H2,1H3,(H,23,28). The molecule has 1 aromatic heterocycles. The number of hydrogen-bond donors (Lipinski definition) is 1. The molecule has 29 heavy (non-hydrogen) atoms. The van der Waals surface area contributed by atoms with Crippen molar-refractivity contribution in [2.45, 2.75) is 63.1 Å². The lowest BCUT2D eigenvalue weighted by Gasteiger charge is -2.59. The summed E-state index contributed by atoms with van der Waals surface area (Å²) < 4.78 is 1.69. The molecule has 2 aromatic rings. The van der Waals surface area contributed by atoms with Crippen molar-refractivity contribution in [1.82, 2.24) is 25.5 Å². The summed E-state index contributed by atoms with van der Waals surface area (Å²) >= 11 is 1.40. The third-order valence-corrected chi connectivity index (χ3v) is 8.26. The molecule has 7 heteroatoms. The predicted octanol–water partition coefficient (Wildman–Crippen LogP) is 3.87. The summed E-state index contributed by atoms with van der Waals surface area (Å²) in [4.78, 5) is 12.8. The molecule has 6 nitrogen and oxygen atoms in total.